The second kappa shape index (κ2) is 4.82. The van der Waals surface area contributed by atoms with Gasteiger partial charge in [-0.05, 0) is 12.1 Å². The number of halogens is 1. The molecular formula is C9H7ClN2O2S2. The molecule has 0 amide bonds. The van der Waals surface area contributed by atoms with Gasteiger partial charge < -0.3 is 10.4 Å². The molecule has 2 heterocycles. The smallest absolute Gasteiger partial charge is 0.347 e. The number of aromatic nitrogens is 1. The van der Waals surface area contributed by atoms with E-state index >= 15 is 0 Å². The minimum atomic E-state index is -0.954. The molecule has 0 saturated carbocycles. The summed E-state index contributed by atoms with van der Waals surface area (Å²) in [7, 11) is 0. The molecule has 0 aliphatic heterocycles. The van der Waals surface area contributed by atoms with E-state index in [0.717, 1.165) is 20.6 Å². The Labute approximate surface area is 105 Å². The lowest BCUT2D eigenvalue weighted by molar-refractivity contribution is 0.0702. The van der Waals surface area contributed by atoms with Crippen molar-refractivity contribution in [3.05, 3.63) is 32.4 Å². The maximum Gasteiger partial charge on any atom is 0.347 e. The first-order valence-corrected chi connectivity index (χ1v) is 6.33. The Morgan fingerprint density at radius 3 is 2.88 bits per heavy atom. The second-order valence-electron chi connectivity index (χ2n) is 2.89. The van der Waals surface area contributed by atoms with E-state index in [2.05, 4.69) is 10.3 Å². The fraction of sp³-hybridized carbons (Fsp3) is 0.111. The van der Waals surface area contributed by atoms with Gasteiger partial charge in [0.15, 0.2) is 5.13 Å². The van der Waals surface area contributed by atoms with E-state index in [4.69, 9.17) is 16.7 Å². The van der Waals surface area contributed by atoms with Crippen LogP contribution >= 0.6 is 34.3 Å². The SMILES string of the molecule is O=C(O)c1cnc(NCc2ccc(Cl)s2)s1. The van der Waals surface area contributed by atoms with E-state index in [1.807, 2.05) is 12.1 Å². The zero-order valence-electron chi connectivity index (χ0n) is 7.94. The van der Waals surface area contributed by atoms with Crippen molar-refractivity contribution in [1.82, 2.24) is 4.98 Å². The number of carboxylic acids is 1. The number of thiophene rings is 1. The van der Waals surface area contributed by atoms with Crippen LogP contribution in [0.5, 0.6) is 0 Å². The van der Waals surface area contributed by atoms with Crippen molar-refractivity contribution in [3.8, 4) is 0 Å². The highest BCUT2D eigenvalue weighted by atomic mass is 35.5. The molecule has 16 heavy (non-hydrogen) atoms. The number of anilines is 1. The summed E-state index contributed by atoms with van der Waals surface area (Å²) in [5, 5.41) is 12.4. The van der Waals surface area contributed by atoms with E-state index in [1.54, 1.807) is 0 Å². The standard InChI is InChI=1S/C9H7ClN2O2S2/c10-7-2-1-5(15-7)3-11-9-12-4-6(16-9)8(13)14/h1-2,4H,3H2,(H,11,12)(H,13,14). The van der Waals surface area contributed by atoms with Crippen LogP contribution in [-0.2, 0) is 6.54 Å². The first-order chi connectivity index (χ1) is 7.65. The van der Waals surface area contributed by atoms with Gasteiger partial charge in [-0.25, -0.2) is 9.78 Å². The Hall–Kier alpha value is -1.11. The summed E-state index contributed by atoms with van der Waals surface area (Å²) in [6, 6.07) is 3.75. The van der Waals surface area contributed by atoms with E-state index < -0.39 is 5.97 Å². The third-order valence-corrected chi connectivity index (χ3v) is 3.93. The number of hydrogen-bond donors (Lipinski definition) is 2. The molecule has 2 N–H and O–H groups in total. The summed E-state index contributed by atoms with van der Waals surface area (Å²) in [6.07, 6.45) is 1.34. The van der Waals surface area contributed by atoms with Crippen LogP contribution in [0.2, 0.25) is 4.34 Å². The van der Waals surface area contributed by atoms with Gasteiger partial charge in [-0.2, -0.15) is 0 Å². The molecule has 0 fully saturated rings. The summed E-state index contributed by atoms with van der Waals surface area (Å²) in [5.74, 6) is -0.954. The molecular weight excluding hydrogens is 268 g/mol. The number of rotatable bonds is 4. The molecule has 4 nitrogen and oxygen atoms in total. The van der Waals surface area contributed by atoms with Gasteiger partial charge in [-0.3, -0.25) is 0 Å². The average molecular weight is 275 g/mol. The Kier molecular flexibility index (Phi) is 3.42. The van der Waals surface area contributed by atoms with Crippen LogP contribution in [0.3, 0.4) is 0 Å². The molecule has 2 rings (SSSR count). The van der Waals surface area contributed by atoms with Gasteiger partial charge >= 0.3 is 5.97 Å². The fourth-order valence-corrected chi connectivity index (χ4v) is 2.74. The molecule has 0 radical (unpaired) electrons. The highest BCUT2D eigenvalue weighted by molar-refractivity contribution is 7.17. The van der Waals surface area contributed by atoms with Gasteiger partial charge in [-0.15, -0.1) is 11.3 Å². The van der Waals surface area contributed by atoms with Crippen molar-refractivity contribution in [2.45, 2.75) is 6.54 Å². The number of aromatic carboxylic acids is 1. The van der Waals surface area contributed by atoms with Crippen LogP contribution in [-0.4, -0.2) is 16.1 Å². The monoisotopic (exact) mass is 274 g/mol. The number of hydrogen-bond acceptors (Lipinski definition) is 5. The highest BCUT2D eigenvalue weighted by Gasteiger charge is 2.08. The Morgan fingerprint density at radius 2 is 2.31 bits per heavy atom. The molecule has 84 valence electrons. The maximum atomic E-state index is 10.6. The molecule has 0 aromatic carbocycles. The van der Waals surface area contributed by atoms with E-state index in [-0.39, 0.29) is 4.88 Å². The minimum absolute atomic E-state index is 0.228. The molecule has 2 aromatic heterocycles. The third kappa shape index (κ3) is 2.72. The first kappa shape index (κ1) is 11.4. The highest BCUT2D eigenvalue weighted by Crippen LogP contribution is 2.23. The van der Waals surface area contributed by atoms with Crippen molar-refractivity contribution >= 4 is 45.4 Å². The molecule has 0 aliphatic carbocycles. The topological polar surface area (TPSA) is 62.2 Å². The molecule has 0 unspecified atom stereocenters. The molecule has 0 aliphatic rings. The lowest BCUT2D eigenvalue weighted by Gasteiger charge is -1.98. The van der Waals surface area contributed by atoms with Crippen LogP contribution in [0.1, 0.15) is 14.5 Å². The van der Waals surface area contributed by atoms with Gasteiger partial charge in [0.05, 0.1) is 17.1 Å². The Morgan fingerprint density at radius 1 is 1.50 bits per heavy atom. The maximum absolute atomic E-state index is 10.6. The van der Waals surface area contributed by atoms with Crippen molar-refractivity contribution in [2.24, 2.45) is 0 Å². The summed E-state index contributed by atoms with van der Waals surface area (Å²) in [5.41, 5.74) is 0. The van der Waals surface area contributed by atoms with Crippen molar-refractivity contribution in [1.29, 1.82) is 0 Å². The van der Waals surface area contributed by atoms with Gasteiger partial charge in [0.2, 0.25) is 0 Å². The second-order valence-corrected chi connectivity index (χ2v) is 5.72. The zero-order chi connectivity index (χ0) is 11.5. The molecule has 7 heteroatoms. The van der Waals surface area contributed by atoms with E-state index in [9.17, 15) is 4.79 Å². The normalized spacial score (nSPS) is 10.3. The predicted octanol–water partition coefficient (Wildman–Crippen LogP) is 3.17. The van der Waals surface area contributed by atoms with Crippen LogP contribution in [0, 0.1) is 0 Å². The molecule has 0 saturated heterocycles. The number of nitrogens with zero attached hydrogens (tertiary/aromatic N) is 1. The summed E-state index contributed by atoms with van der Waals surface area (Å²) in [4.78, 5) is 15.9. The van der Waals surface area contributed by atoms with Gasteiger partial charge in [0.25, 0.3) is 0 Å². The third-order valence-electron chi connectivity index (χ3n) is 1.76. The number of carboxylic acid groups (broad SMARTS) is 1. The van der Waals surface area contributed by atoms with Gasteiger partial charge in [0.1, 0.15) is 4.88 Å². The van der Waals surface area contributed by atoms with Crippen molar-refractivity contribution < 1.29 is 9.90 Å². The average Bonchev–Trinajstić information content (AvgIpc) is 2.83. The van der Waals surface area contributed by atoms with Crippen LogP contribution in [0.15, 0.2) is 18.3 Å². The number of carbonyl (C=O) groups is 1. The molecule has 0 bridgehead atoms. The lowest BCUT2D eigenvalue weighted by atomic mass is 10.5. The molecule has 0 spiro atoms. The Bertz CT molecular complexity index is 509. The van der Waals surface area contributed by atoms with Crippen LogP contribution in [0.4, 0.5) is 5.13 Å². The lowest BCUT2D eigenvalue weighted by Crippen LogP contribution is -1.95. The number of nitrogens with one attached hydrogen (secondary N) is 1. The first-order valence-electron chi connectivity index (χ1n) is 4.32. The fourth-order valence-electron chi connectivity index (χ4n) is 1.06. The molecule has 0 atom stereocenters. The minimum Gasteiger partial charge on any atom is -0.477 e. The van der Waals surface area contributed by atoms with Crippen molar-refractivity contribution in [2.75, 3.05) is 5.32 Å². The number of thiazole rings is 1. The zero-order valence-corrected chi connectivity index (χ0v) is 10.3. The van der Waals surface area contributed by atoms with Crippen LogP contribution < -0.4 is 5.32 Å². The van der Waals surface area contributed by atoms with E-state index in [1.165, 1.54) is 17.5 Å². The van der Waals surface area contributed by atoms with Crippen molar-refractivity contribution in [3.63, 3.8) is 0 Å². The van der Waals surface area contributed by atoms with Gasteiger partial charge in [-0.1, -0.05) is 22.9 Å². The predicted molar refractivity (Wildman–Crippen MR) is 65.7 cm³/mol. The Balaban J connectivity index is 1.97. The van der Waals surface area contributed by atoms with Crippen LogP contribution in [0.25, 0.3) is 0 Å². The largest absolute Gasteiger partial charge is 0.477 e. The summed E-state index contributed by atoms with van der Waals surface area (Å²) in [6.45, 7) is 0.601. The quantitative estimate of drug-likeness (QED) is 0.899. The molecule has 2 aromatic rings. The summed E-state index contributed by atoms with van der Waals surface area (Å²) < 4.78 is 0.738. The van der Waals surface area contributed by atoms with Gasteiger partial charge in [0, 0.05) is 4.88 Å². The van der Waals surface area contributed by atoms with E-state index in [0.29, 0.717) is 11.7 Å². The summed E-state index contributed by atoms with van der Waals surface area (Å²) >= 11 is 8.39.